The fourth-order valence-electron chi connectivity index (χ4n) is 3.17. The smallest absolute Gasteiger partial charge is 0.321 e. The minimum atomic E-state index is -0.0243. The zero-order valence-electron chi connectivity index (χ0n) is 13.2. The van der Waals surface area contributed by atoms with E-state index in [4.69, 9.17) is 0 Å². The van der Waals surface area contributed by atoms with Crippen LogP contribution in [-0.2, 0) is 19.4 Å². The first-order valence-electron chi connectivity index (χ1n) is 8.43. The highest BCUT2D eigenvalue weighted by molar-refractivity contribution is 5.89. The largest absolute Gasteiger partial charge is 0.324 e. The molecule has 0 saturated heterocycles. The van der Waals surface area contributed by atoms with Crippen LogP contribution in [0, 0.1) is 5.92 Å². The SMILES string of the molecule is O=C(Nc1cnn(CC2CC2)c1)N1CCc2ccccc2CC1. The Bertz CT molecular complexity index is 678. The van der Waals surface area contributed by atoms with E-state index in [0.717, 1.165) is 44.1 Å². The summed E-state index contributed by atoms with van der Waals surface area (Å²) in [4.78, 5) is 14.4. The van der Waals surface area contributed by atoms with Gasteiger partial charge in [0.2, 0.25) is 0 Å². The third-order valence-electron chi connectivity index (χ3n) is 4.73. The first kappa shape index (κ1) is 14.3. The molecule has 23 heavy (non-hydrogen) atoms. The van der Waals surface area contributed by atoms with Gasteiger partial charge in [-0.15, -0.1) is 0 Å². The molecule has 1 N–H and O–H groups in total. The lowest BCUT2D eigenvalue weighted by molar-refractivity contribution is 0.214. The van der Waals surface area contributed by atoms with Crippen LogP contribution < -0.4 is 5.32 Å². The van der Waals surface area contributed by atoms with Crippen molar-refractivity contribution in [2.45, 2.75) is 32.2 Å². The van der Waals surface area contributed by atoms with Crippen LogP contribution in [0.2, 0.25) is 0 Å². The van der Waals surface area contributed by atoms with Gasteiger partial charge in [-0.25, -0.2) is 4.79 Å². The minimum absolute atomic E-state index is 0.0243. The van der Waals surface area contributed by atoms with Gasteiger partial charge in [0.15, 0.2) is 0 Å². The molecule has 1 aliphatic heterocycles. The van der Waals surface area contributed by atoms with E-state index >= 15 is 0 Å². The van der Waals surface area contributed by atoms with Crippen molar-refractivity contribution in [2.75, 3.05) is 18.4 Å². The number of benzene rings is 1. The summed E-state index contributed by atoms with van der Waals surface area (Å²) in [5.41, 5.74) is 3.51. The molecule has 2 aliphatic rings. The van der Waals surface area contributed by atoms with Gasteiger partial charge in [0.05, 0.1) is 11.9 Å². The predicted octanol–water partition coefficient (Wildman–Crippen LogP) is 2.93. The Labute approximate surface area is 136 Å². The van der Waals surface area contributed by atoms with E-state index in [9.17, 15) is 4.79 Å². The summed E-state index contributed by atoms with van der Waals surface area (Å²) in [6, 6.07) is 8.45. The molecule has 4 rings (SSSR count). The number of fused-ring (bicyclic) bond motifs is 1. The van der Waals surface area contributed by atoms with Crippen molar-refractivity contribution in [3.8, 4) is 0 Å². The average molecular weight is 310 g/mol. The molecule has 0 radical (unpaired) electrons. The molecule has 1 saturated carbocycles. The molecule has 5 heteroatoms. The number of hydrogen-bond donors (Lipinski definition) is 1. The van der Waals surface area contributed by atoms with Gasteiger partial charge < -0.3 is 10.2 Å². The number of nitrogens with zero attached hydrogens (tertiary/aromatic N) is 3. The fourth-order valence-corrected chi connectivity index (χ4v) is 3.17. The van der Waals surface area contributed by atoms with Gasteiger partial charge in [-0.05, 0) is 42.7 Å². The first-order chi connectivity index (χ1) is 11.3. The van der Waals surface area contributed by atoms with E-state index in [0.29, 0.717) is 0 Å². The van der Waals surface area contributed by atoms with Gasteiger partial charge >= 0.3 is 6.03 Å². The second-order valence-electron chi connectivity index (χ2n) is 6.58. The normalized spacial score (nSPS) is 17.5. The van der Waals surface area contributed by atoms with Crippen LogP contribution in [0.15, 0.2) is 36.7 Å². The first-order valence-corrected chi connectivity index (χ1v) is 8.43. The third kappa shape index (κ3) is 3.38. The highest BCUT2D eigenvalue weighted by Crippen LogP contribution is 2.30. The van der Waals surface area contributed by atoms with Crippen LogP contribution in [0.5, 0.6) is 0 Å². The molecule has 120 valence electrons. The Morgan fingerprint density at radius 1 is 1.17 bits per heavy atom. The average Bonchev–Trinajstić information content (AvgIpc) is 3.30. The molecule has 1 aliphatic carbocycles. The van der Waals surface area contributed by atoms with Gasteiger partial charge in [-0.2, -0.15) is 5.10 Å². The van der Waals surface area contributed by atoms with Crippen molar-refractivity contribution in [3.05, 3.63) is 47.8 Å². The fraction of sp³-hybridized carbons (Fsp3) is 0.444. The number of amides is 2. The zero-order chi connectivity index (χ0) is 15.6. The summed E-state index contributed by atoms with van der Waals surface area (Å²) < 4.78 is 1.94. The lowest BCUT2D eigenvalue weighted by atomic mass is 10.0. The van der Waals surface area contributed by atoms with E-state index in [2.05, 4.69) is 34.7 Å². The van der Waals surface area contributed by atoms with Crippen LogP contribution in [0.4, 0.5) is 10.5 Å². The van der Waals surface area contributed by atoms with Crippen molar-refractivity contribution >= 4 is 11.7 Å². The quantitative estimate of drug-likeness (QED) is 0.947. The van der Waals surface area contributed by atoms with Gasteiger partial charge in [-0.1, -0.05) is 24.3 Å². The molecule has 2 aromatic rings. The monoisotopic (exact) mass is 310 g/mol. The molecule has 5 nitrogen and oxygen atoms in total. The van der Waals surface area contributed by atoms with E-state index < -0.39 is 0 Å². The number of anilines is 1. The lowest BCUT2D eigenvalue weighted by Gasteiger charge is -2.20. The summed E-state index contributed by atoms with van der Waals surface area (Å²) in [6.07, 6.45) is 8.12. The molecular formula is C18H22N4O. The van der Waals surface area contributed by atoms with Crippen LogP contribution in [0.25, 0.3) is 0 Å². The van der Waals surface area contributed by atoms with Crippen molar-refractivity contribution in [2.24, 2.45) is 5.92 Å². The van der Waals surface area contributed by atoms with Crippen LogP contribution in [-0.4, -0.2) is 33.8 Å². The summed E-state index contributed by atoms with van der Waals surface area (Å²) >= 11 is 0. The molecule has 1 aromatic heterocycles. The van der Waals surface area contributed by atoms with E-state index in [1.807, 2.05) is 15.8 Å². The maximum Gasteiger partial charge on any atom is 0.321 e. The summed E-state index contributed by atoms with van der Waals surface area (Å²) in [5, 5.41) is 7.31. The molecule has 1 aromatic carbocycles. The van der Waals surface area contributed by atoms with Crippen LogP contribution >= 0.6 is 0 Å². The van der Waals surface area contributed by atoms with Gasteiger partial charge in [-0.3, -0.25) is 4.68 Å². The van der Waals surface area contributed by atoms with Gasteiger partial charge in [0.1, 0.15) is 0 Å². The number of carbonyl (C=O) groups excluding carboxylic acids is 1. The van der Waals surface area contributed by atoms with Gasteiger partial charge in [0, 0.05) is 25.8 Å². The molecule has 0 bridgehead atoms. The topological polar surface area (TPSA) is 50.2 Å². The molecule has 2 amide bonds. The number of carbonyl (C=O) groups is 1. The lowest BCUT2D eigenvalue weighted by Crippen LogP contribution is -2.36. The highest BCUT2D eigenvalue weighted by Gasteiger charge is 2.22. The maximum absolute atomic E-state index is 12.5. The Balaban J connectivity index is 1.36. The van der Waals surface area contributed by atoms with Crippen molar-refractivity contribution in [3.63, 3.8) is 0 Å². The molecular weight excluding hydrogens is 288 g/mol. The second kappa shape index (κ2) is 6.07. The molecule has 0 spiro atoms. The van der Waals surface area contributed by atoms with E-state index in [-0.39, 0.29) is 6.03 Å². The molecule has 2 heterocycles. The minimum Gasteiger partial charge on any atom is -0.324 e. The maximum atomic E-state index is 12.5. The standard InChI is InChI=1S/C18H22N4O/c23-18(20-17-11-19-22(13-17)12-14-5-6-14)21-9-7-15-3-1-2-4-16(15)8-10-21/h1-4,11,13-14H,5-10,12H2,(H,20,23). The van der Waals surface area contributed by atoms with Crippen LogP contribution in [0.1, 0.15) is 24.0 Å². The molecule has 1 fully saturated rings. The number of urea groups is 1. The third-order valence-corrected chi connectivity index (χ3v) is 4.73. The number of rotatable bonds is 3. The van der Waals surface area contributed by atoms with Crippen molar-refractivity contribution in [1.29, 1.82) is 0 Å². The number of hydrogen-bond acceptors (Lipinski definition) is 2. The van der Waals surface area contributed by atoms with Crippen molar-refractivity contribution < 1.29 is 4.79 Å². The Kier molecular flexibility index (Phi) is 3.77. The summed E-state index contributed by atoms with van der Waals surface area (Å²) in [7, 11) is 0. The number of aromatic nitrogens is 2. The highest BCUT2D eigenvalue weighted by atomic mass is 16.2. The summed E-state index contributed by atoms with van der Waals surface area (Å²) in [5.74, 6) is 0.780. The Hall–Kier alpha value is -2.30. The van der Waals surface area contributed by atoms with E-state index in [1.165, 1.54) is 24.0 Å². The van der Waals surface area contributed by atoms with Gasteiger partial charge in [0.25, 0.3) is 0 Å². The Morgan fingerprint density at radius 2 is 1.87 bits per heavy atom. The van der Waals surface area contributed by atoms with Crippen molar-refractivity contribution in [1.82, 2.24) is 14.7 Å². The molecule has 0 atom stereocenters. The van der Waals surface area contributed by atoms with Crippen LogP contribution in [0.3, 0.4) is 0 Å². The number of nitrogens with one attached hydrogen (secondary N) is 1. The molecule has 0 unspecified atom stereocenters. The predicted molar refractivity (Wildman–Crippen MR) is 89.4 cm³/mol. The Morgan fingerprint density at radius 3 is 2.52 bits per heavy atom. The zero-order valence-corrected chi connectivity index (χ0v) is 13.2. The summed E-state index contributed by atoms with van der Waals surface area (Å²) in [6.45, 7) is 2.49. The van der Waals surface area contributed by atoms with E-state index in [1.54, 1.807) is 6.20 Å². The second-order valence-corrected chi connectivity index (χ2v) is 6.58.